The van der Waals surface area contributed by atoms with E-state index >= 15 is 0 Å². The molecule has 0 radical (unpaired) electrons. The van der Waals surface area contributed by atoms with Gasteiger partial charge >= 0.3 is 0 Å². The van der Waals surface area contributed by atoms with Gasteiger partial charge in [-0.15, -0.1) is 0 Å². The second-order valence-electron chi connectivity index (χ2n) is 5.98. The van der Waals surface area contributed by atoms with Gasteiger partial charge in [-0.3, -0.25) is 0 Å². The fraction of sp³-hybridized carbons (Fsp3) is 0.529. The highest BCUT2D eigenvalue weighted by atomic mass is 79.9. The first kappa shape index (κ1) is 13.4. The molecule has 1 saturated carbocycles. The molecule has 1 fully saturated rings. The van der Waals surface area contributed by atoms with Gasteiger partial charge in [-0.2, -0.15) is 0 Å². The van der Waals surface area contributed by atoms with Gasteiger partial charge in [0, 0.05) is 10.5 Å². The van der Waals surface area contributed by atoms with Gasteiger partial charge in [-0.25, -0.2) is 0 Å². The summed E-state index contributed by atoms with van der Waals surface area (Å²) in [4.78, 5) is 0. The van der Waals surface area contributed by atoms with E-state index in [0.29, 0.717) is 0 Å². The highest BCUT2D eigenvalue weighted by molar-refractivity contribution is 9.10. The second-order valence-corrected chi connectivity index (χ2v) is 6.89. The molecule has 0 bridgehead atoms. The van der Waals surface area contributed by atoms with Crippen molar-refractivity contribution in [3.8, 4) is 0 Å². The highest BCUT2D eigenvalue weighted by Crippen LogP contribution is 2.37. The van der Waals surface area contributed by atoms with Crippen molar-refractivity contribution in [1.82, 2.24) is 5.32 Å². The smallest absolute Gasteiger partial charge is 0.0175 e. The molecule has 0 saturated heterocycles. The molecular formula is C17H22BrN. The summed E-state index contributed by atoms with van der Waals surface area (Å²) < 4.78 is 1.18. The second kappa shape index (κ2) is 6.23. The van der Waals surface area contributed by atoms with Crippen LogP contribution in [0.4, 0.5) is 0 Å². The number of halogens is 1. The molecule has 19 heavy (non-hydrogen) atoms. The van der Waals surface area contributed by atoms with E-state index in [1.165, 1.54) is 48.7 Å². The van der Waals surface area contributed by atoms with Crippen molar-refractivity contribution >= 4 is 15.9 Å². The standard InChI is InChI=1S/C17H22BrN/c18-16-8-6-14(7-9-16)15-10-17(11-15)19-12-13-4-2-1-3-5-13/h1-2,6-9,13,15,17,19H,3-5,10-12H2. The SMILES string of the molecule is Brc1ccc(C2CC(NCC3CC=CCC3)C2)cc1. The van der Waals surface area contributed by atoms with Gasteiger partial charge in [0.05, 0.1) is 0 Å². The van der Waals surface area contributed by atoms with Crippen LogP contribution in [0, 0.1) is 5.92 Å². The lowest BCUT2D eigenvalue weighted by molar-refractivity contribution is 0.271. The van der Waals surface area contributed by atoms with E-state index in [-0.39, 0.29) is 0 Å². The summed E-state index contributed by atoms with van der Waals surface area (Å²) in [5.74, 6) is 1.65. The maximum Gasteiger partial charge on any atom is 0.0175 e. The van der Waals surface area contributed by atoms with Crippen molar-refractivity contribution in [2.24, 2.45) is 5.92 Å². The molecular weight excluding hydrogens is 298 g/mol. The van der Waals surface area contributed by atoms with Gasteiger partial charge < -0.3 is 5.32 Å². The third kappa shape index (κ3) is 3.49. The Morgan fingerprint density at radius 3 is 2.58 bits per heavy atom. The molecule has 1 aromatic carbocycles. The molecule has 0 spiro atoms. The summed E-state index contributed by atoms with van der Waals surface area (Å²) >= 11 is 3.50. The summed E-state index contributed by atoms with van der Waals surface area (Å²) in [6.07, 6.45) is 11.2. The normalized spacial score (nSPS) is 30.1. The highest BCUT2D eigenvalue weighted by Gasteiger charge is 2.30. The van der Waals surface area contributed by atoms with E-state index in [4.69, 9.17) is 0 Å². The van der Waals surface area contributed by atoms with Gasteiger partial charge in [0.25, 0.3) is 0 Å². The van der Waals surface area contributed by atoms with E-state index in [9.17, 15) is 0 Å². The zero-order chi connectivity index (χ0) is 13.1. The molecule has 1 unspecified atom stereocenters. The van der Waals surface area contributed by atoms with Crippen molar-refractivity contribution in [2.75, 3.05) is 6.54 Å². The molecule has 1 atom stereocenters. The van der Waals surface area contributed by atoms with Gasteiger partial charge in [-0.1, -0.05) is 40.2 Å². The molecule has 0 heterocycles. The molecule has 0 amide bonds. The monoisotopic (exact) mass is 319 g/mol. The summed E-state index contributed by atoms with van der Waals surface area (Å²) in [6.45, 7) is 1.21. The minimum Gasteiger partial charge on any atom is -0.314 e. The lowest BCUT2D eigenvalue weighted by Gasteiger charge is -2.37. The number of allylic oxidation sites excluding steroid dienone is 2. The molecule has 0 aromatic heterocycles. The Kier molecular flexibility index (Phi) is 4.39. The average Bonchev–Trinajstić information content (AvgIpc) is 2.40. The fourth-order valence-electron chi connectivity index (χ4n) is 3.17. The first-order chi connectivity index (χ1) is 9.31. The van der Waals surface area contributed by atoms with Crippen LogP contribution < -0.4 is 5.32 Å². The van der Waals surface area contributed by atoms with Gasteiger partial charge in [-0.05, 0) is 68.2 Å². The Morgan fingerprint density at radius 2 is 1.89 bits per heavy atom. The number of benzene rings is 1. The molecule has 2 heteroatoms. The summed E-state index contributed by atoms with van der Waals surface area (Å²) in [5.41, 5.74) is 1.50. The Labute approximate surface area is 124 Å². The van der Waals surface area contributed by atoms with Gasteiger partial charge in [0.15, 0.2) is 0 Å². The predicted molar refractivity (Wildman–Crippen MR) is 84.4 cm³/mol. The van der Waals surface area contributed by atoms with Crippen molar-refractivity contribution < 1.29 is 0 Å². The van der Waals surface area contributed by atoms with Gasteiger partial charge in [0.1, 0.15) is 0 Å². The summed E-state index contributed by atoms with van der Waals surface area (Å²) in [7, 11) is 0. The van der Waals surface area contributed by atoms with Crippen LogP contribution >= 0.6 is 15.9 Å². The van der Waals surface area contributed by atoms with Crippen LogP contribution in [0.25, 0.3) is 0 Å². The van der Waals surface area contributed by atoms with Crippen molar-refractivity contribution in [3.63, 3.8) is 0 Å². The zero-order valence-electron chi connectivity index (χ0n) is 11.3. The minimum absolute atomic E-state index is 0.750. The predicted octanol–water partition coefficient (Wildman–Crippen LogP) is 4.64. The van der Waals surface area contributed by atoms with E-state index < -0.39 is 0 Å². The fourth-order valence-corrected chi connectivity index (χ4v) is 3.43. The van der Waals surface area contributed by atoms with Crippen LogP contribution in [0.3, 0.4) is 0 Å². The van der Waals surface area contributed by atoms with Crippen LogP contribution in [-0.2, 0) is 0 Å². The maximum absolute atomic E-state index is 3.76. The van der Waals surface area contributed by atoms with E-state index in [1.54, 1.807) is 0 Å². The molecule has 1 nitrogen and oxygen atoms in total. The van der Waals surface area contributed by atoms with Crippen LogP contribution in [0.1, 0.15) is 43.6 Å². The Hall–Kier alpha value is -0.600. The molecule has 102 valence electrons. The van der Waals surface area contributed by atoms with E-state index in [0.717, 1.165) is 17.9 Å². The number of nitrogens with one attached hydrogen (secondary N) is 1. The quantitative estimate of drug-likeness (QED) is 0.797. The lowest BCUT2D eigenvalue weighted by atomic mass is 9.75. The van der Waals surface area contributed by atoms with Crippen LogP contribution in [0.2, 0.25) is 0 Å². The molecule has 1 N–H and O–H groups in total. The summed E-state index contributed by atoms with van der Waals surface area (Å²) in [6, 6.07) is 9.59. The number of rotatable bonds is 4. The van der Waals surface area contributed by atoms with Crippen LogP contribution in [0.5, 0.6) is 0 Å². The molecule has 2 aliphatic rings. The Balaban J connectivity index is 1.40. The third-order valence-electron chi connectivity index (χ3n) is 4.55. The van der Waals surface area contributed by atoms with Crippen LogP contribution in [-0.4, -0.2) is 12.6 Å². The Morgan fingerprint density at radius 1 is 1.11 bits per heavy atom. The zero-order valence-corrected chi connectivity index (χ0v) is 12.9. The topological polar surface area (TPSA) is 12.0 Å². The molecule has 2 aliphatic carbocycles. The molecule has 1 aromatic rings. The van der Waals surface area contributed by atoms with Crippen molar-refractivity contribution in [3.05, 3.63) is 46.5 Å². The summed E-state index contributed by atoms with van der Waals surface area (Å²) in [5, 5.41) is 3.76. The van der Waals surface area contributed by atoms with Crippen molar-refractivity contribution in [1.29, 1.82) is 0 Å². The van der Waals surface area contributed by atoms with E-state index in [1.807, 2.05) is 0 Å². The number of hydrogen-bond donors (Lipinski definition) is 1. The van der Waals surface area contributed by atoms with E-state index in [2.05, 4.69) is 57.7 Å². The first-order valence-corrected chi connectivity index (χ1v) is 8.24. The minimum atomic E-state index is 0.750. The lowest BCUT2D eigenvalue weighted by Crippen LogP contribution is -2.42. The molecule has 0 aliphatic heterocycles. The van der Waals surface area contributed by atoms with Gasteiger partial charge in [0.2, 0.25) is 0 Å². The van der Waals surface area contributed by atoms with Crippen molar-refractivity contribution in [2.45, 2.75) is 44.1 Å². The maximum atomic E-state index is 3.76. The molecule has 3 rings (SSSR count). The third-order valence-corrected chi connectivity index (χ3v) is 5.08. The Bertz CT molecular complexity index is 431. The average molecular weight is 320 g/mol. The number of hydrogen-bond acceptors (Lipinski definition) is 1. The van der Waals surface area contributed by atoms with Crippen LogP contribution in [0.15, 0.2) is 40.9 Å². The largest absolute Gasteiger partial charge is 0.314 e. The first-order valence-electron chi connectivity index (χ1n) is 7.45.